The van der Waals surface area contributed by atoms with E-state index < -0.39 is 10.2 Å². The number of nitrogens with zero attached hydrogens (tertiary/aromatic N) is 3. The highest BCUT2D eigenvalue weighted by Gasteiger charge is 2.22. The Labute approximate surface area is 121 Å². The molecule has 1 aromatic rings. The molecular weight excluding hydrogens is 276 g/mol. The van der Waals surface area contributed by atoms with Gasteiger partial charge in [-0.3, -0.25) is 4.68 Å². The van der Waals surface area contributed by atoms with Crippen LogP contribution in [-0.4, -0.2) is 42.1 Å². The van der Waals surface area contributed by atoms with Crippen LogP contribution in [0, 0.1) is 5.92 Å². The molecule has 1 aliphatic heterocycles. The van der Waals surface area contributed by atoms with Crippen molar-refractivity contribution in [3.8, 4) is 0 Å². The fourth-order valence-electron chi connectivity index (χ4n) is 2.41. The predicted molar refractivity (Wildman–Crippen MR) is 78.4 cm³/mol. The zero-order chi connectivity index (χ0) is 14.4. The van der Waals surface area contributed by atoms with Crippen LogP contribution in [0.25, 0.3) is 0 Å². The third-order valence-electron chi connectivity index (χ3n) is 3.58. The minimum absolute atomic E-state index is 0.205. The first-order chi connectivity index (χ1) is 9.58. The third kappa shape index (κ3) is 4.57. The molecule has 1 fully saturated rings. The number of hydrogen-bond acceptors (Lipinski definition) is 3. The molecule has 0 saturated carbocycles. The summed E-state index contributed by atoms with van der Waals surface area (Å²) in [4.78, 5) is 0. The molecule has 0 spiro atoms. The van der Waals surface area contributed by atoms with Crippen LogP contribution in [0.4, 0.5) is 0 Å². The van der Waals surface area contributed by atoms with Gasteiger partial charge in [-0.05, 0) is 24.8 Å². The summed E-state index contributed by atoms with van der Waals surface area (Å²) in [7, 11) is -3.33. The highest BCUT2D eigenvalue weighted by atomic mass is 32.2. The van der Waals surface area contributed by atoms with E-state index in [0.717, 1.165) is 32.2 Å². The zero-order valence-corrected chi connectivity index (χ0v) is 12.8. The molecule has 114 valence electrons. The smallest absolute Gasteiger partial charge is 0.272 e. The van der Waals surface area contributed by atoms with Crippen molar-refractivity contribution in [3.05, 3.63) is 18.5 Å². The number of aromatic nitrogens is 2. The second kappa shape index (κ2) is 7.19. The van der Waals surface area contributed by atoms with Crippen molar-refractivity contribution in [2.24, 2.45) is 5.92 Å². The summed E-state index contributed by atoms with van der Waals surface area (Å²) < 4.78 is 30.6. The lowest BCUT2D eigenvalue weighted by Crippen LogP contribution is -2.43. The number of nitrogens with one attached hydrogen (secondary N) is 1. The minimum atomic E-state index is -3.33. The number of hydrogen-bond donors (Lipinski definition) is 1. The van der Waals surface area contributed by atoms with Gasteiger partial charge in [0.1, 0.15) is 0 Å². The van der Waals surface area contributed by atoms with Gasteiger partial charge >= 0.3 is 0 Å². The summed E-state index contributed by atoms with van der Waals surface area (Å²) >= 11 is 0. The van der Waals surface area contributed by atoms with E-state index in [4.69, 9.17) is 0 Å². The Bertz CT molecular complexity index is 478. The topological polar surface area (TPSA) is 67.2 Å². The molecule has 0 aliphatic carbocycles. The summed E-state index contributed by atoms with van der Waals surface area (Å²) in [5, 5.41) is 4.13. The Morgan fingerprint density at radius 2 is 1.95 bits per heavy atom. The average Bonchev–Trinajstić information content (AvgIpc) is 2.76. The van der Waals surface area contributed by atoms with Crippen molar-refractivity contribution in [1.82, 2.24) is 18.8 Å². The second-order valence-corrected chi connectivity index (χ2v) is 7.26. The lowest BCUT2D eigenvalue weighted by atomic mass is 10.2. The standard InChI is InChI=1S/C13H24N4O2S/c1-13(12-16-8-6-7-14-16)11-15-20(18,19)17-9-4-2-3-5-10-17/h6-8,13,15H,2-5,9-12H2,1H3. The van der Waals surface area contributed by atoms with Crippen molar-refractivity contribution in [1.29, 1.82) is 0 Å². The predicted octanol–water partition coefficient (Wildman–Crippen LogP) is 1.23. The van der Waals surface area contributed by atoms with Crippen LogP contribution < -0.4 is 4.72 Å². The fourth-order valence-corrected chi connectivity index (χ4v) is 3.83. The van der Waals surface area contributed by atoms with Gasteiger partial charge in [-0.2, -0.15) is 17.8 Å². The molecule has 7 heteroatoms. The summed E-state index contributed by atoms with van der Waals surface area (Å²) in [5.41, 5.74) is 0. The molecular formula is C13H24N4O2S. The fraction of sp³-hybridized carbons (Fsp3) is 0.769. The van der Waals surface area contributed by atoms with Crippen molar-refractivity contribution < 1.29 is 8.42 Å². The van der Waals surface area contributed by atoms with Crippen LogP contribution in [0.3, 0.4) is 0 Å². The molecule has 1 aliphatic rings. The molecule has 0 bridgehead atoms. The van der Waals surface area contributed by atoms with Gasteiger partial charge in [-0.1, -0.05) is 19.8 Å². The van der Waals surface area contributed by atoms with E-state index in [0.29, 0.717) is 19.6 Å². The Morgan fingerprint density at radius 3 is 2.55 bits per heavy atom. The summed E-state index contributed by atoms with van der Waals surface area (Å²) in [6.45, 7) is 4.46. The lowest BCUT2D eigenvalue weighted by molar-refractivity contribution is 0.399. The highest BCUT2D eigenvalue weighted by Crippen LogP contribution is 2.12. The Kier molecular flexibility index (Phi) is 5.56. The molecule has 0 amide bonds. The van der Waals surface area contributed by atoms with Crippen LogP contribution in [-0.2, 0) is 16.8 Å². The van der Waals surface area contributed by atoms with E-state index in [2.05, 4.69) is 9.82 Å². The van der Waals surface area contributed by atoms with E-state index in [1.807, 2.05) is 23.9 Å². The summed E-state index contributed by atoms with van der Waals surface area (Å²) in [6, 6.07) is 1.87. The molecule has 1 saturated heterocycles. The van der Waals surface area contributed by atoms with Crippen molar-refractivity contribution in [2.75, 3.05) is 19.6 Å². The van der Waals surface area contributed by atoms with Crippen LogP contribution in [0.15, 0.2) is 18.5 Å². The monoisotopic (exact) mass is 300 g/mol. The molecule has 0 aromatic carbocycles. The summed E-state index contributed by atoms with van der Waals surface area (Å²) in [6.07, 6.45) is 7.80. The lowest BCUT2D eigenvalue weighted by Gasteiger charge is -2.21. The molecule has 2 heterocycles. The first-order valence-corrected chi connectivity index (χ1v) is 8.74. The highest BCUT2D eigenvalue weighted by molar-refractivity contribution is 7.87. The van der Waals surface area contributed by atoms with Crippen molar-refractivity contribution >= 4 is 10.2 Å². The van der Waals surface area contributed by atoms with Gasteiger partial charge in [0.25, 0.3) is 10.2 Å². The van der Waals surface area contributed by atoms with Crippen LogP contribution >= 0.6 is 0 Å². The number of rotatable bonds is 6. The van der Waals surface area contributed by atoms with Gasteiger partial charge in [0.05, 0.1) is 0 Å². The van der Waals surface area contributed by atoms with Crippen molar-refractivity contribution in [3.63, 3.8) is 0 Å². The second-order valence-electron chi connectivity index (χ2n) is 5.50. The molecule has 2 rings (SSSR count). The van der Waals surface area contributed by atoms with Gasteiger partial charge in [0.2, 0.25) is 0 Å². The van der Waals surface area contributed by atoms with Gasteiger partial charge in [0.15, 0.2) is 0 Å². The van der Waals surface area contributed by atoms with E-state index in [9.17, 15) is 8.42 Å². The maximum Gasteiger partial charge on any atom is 0.279 e. The SMILES string of the molecule is CC(CNS(=O)(=O)N1CCCCCC1)Cn1cccn1. The average molecular weight is 300 g/mol. The molecule has 1 atom stereocenters. The van der Waals surface area contributed by atoms with E-state index >= 15 is 0 Å². The quantitative estimate of drug-likeness (QED) is 0.859. The normalized spacial score (nSPS) is 19.6. The van der Waals surface area contributed by atoms with Gasteiger partial charge in [-0.15, -0.1) is 0 Å². The molecule has 6 nitrogen and oxygen atoms in total. The zero-order valence-electron chi connectivity index (χ0n) is 12.0. The first-order valence-electron chi connectivity index (χ1n) is 7.30. The maximum absolute atomic E-state index is 12.2. The van der Waals surface area contributed by atoms with Crippen LogP contribution in [0.2, 0.25) is 0 Å². The molecule has 20 heavy (non-hydrogen) atoms. The maximum atomic E-state index is 12.2. The molecule has 1 unspecified atom stereocenters. The Hall–Kier alpha value is -0.920. The van der Waals surface area contributed by atoms with Gasteiger partial charge in [0, 0.05) is 38.6 Å². The molecule has 0 radical (unpaired) electrons. The molecule has 1 N–H and O–H groups in total. The van der Waals surface area contributed by atoms with Crippen LogP contribution in [0.1, 0.15) is 32.6 Å². The van der Waals surface area contributed by atoms with Crippen molar-refractivity contribution in [2.45, 2.75) is 39.2 Å². The Balaban J connectivity index is 1.81. The van der Waals surface area contributed by atoms with E-state index in [-0.39, 0.29) is 5.92 Å². The third-order valence-corrected chi connectivity index (χ3v) is 5.15. The minimum Gasteiger partial charge on any atom is -0.272 e. The largest absolute Gasteiger partial charge is 0.279 e. The van der Waals surface area contributed by atoms with Crippen LogP contribution in [0.5, 0.6) is 0 Å². The first kappa shape index (κ1) is 15.5. The van der Waals surface area contributed by atoms with Gasteiger partial charge in [-0.25, -0.2) is 4.72 Å². The van der Waals surface area contributed by atoms with Gasteiger partial charge < -0.3 is 0 Å². The summed E-state index contributed by atoms with van der Waals surface area (Å²) in [5.74, 6) is 0.205. The van der Waals surface area contributed by atoms with E-state index in [1.165, 1.54) is 0 Å². The van der Waals surface area contributed by atoms with E-state index in [1.54, 1.807) is 10.5 Å². The Morgan fingerprint density at radius 1 is 1.25 bits per heavy atom. The molecule has 1 aromatic heterocycles.